The van der Waals surface area contributed by atoms with Gasteiger partial charge >= 0.3 is 6.01 Å². The molecule has 1 heterocycles. The van der Waals surface area contributed by atoms with Gasteiger partial charge in [-0.15, -0.1) is 5.10 Å². The maximum Gasteiger partial charge on any atom is 0.320 e. The van der Waals surface area contributed by atoms with Crippen molar-refractivity contribution in [2.24, 2.45) is 5.73 Å². The first kappa shape index (κ1) is 12.4. The van der Waals surface area contributed by atoms with E-state index in [2.05, 4.69) is 15.5 Å². The van der Waals surface area contributed by atoms with Crippen molar-refractivity contribution in [1.29, 1.82) is 0 Å². The Kier molecular flexibility index (Phi) is 3.19. The van der Waals surface area contributed by atoms with Gasteiger partial charge < -0.3 is 15.5 Å². The lowest BCUT2D eigenvalue weighted by molar-refractivity contribution is 0.473. The molecule has 0 bridgehead atoms. The van der Waals surface area contributed by atoms with Crippen LogP contribution in [0.5, 0.6) is 0 Å². The number of hydrogen-bond acceptors (Lipinski definition) is 5. The molecule has 0 fully saturated rings. The standard InChI is InChI=1S/C10H9F3N4O/c1-4(14)9-16-17-10(18-9)15-7-3-5(11)2-6(12)8(7)13/h2-4H,14H2,1H3,(H,15,17). The molecule has 0 aliphatic rings. The van der Waals surface area contributed by atoms with Crippen molar-refractivity contribution in [1.82, 2.24) is 10.2 Å². The molecule has 0 radical (unpaired) electrons. The van der Waals surface area contributed by atoms with Gasteiger partial charge in [0.25, 0.3) is 0 Å². The predicted molar refractivity (Wildman–Crippen MR) is 56.5 cm³/mol. The van der Waals surface area contributed by atoms with Gasteiger partial charge in [0, 0.05) is 12.1 Å². The van der Waals surface area contributed by atoms with Crippen LogP contribution in [0.2, 0.25) is 0 Å². The summed E-state index contributed by atoms with van der Waals surface area (Å²) < 4.78 is 44.2. The largest absolute Gasteiger partial charge is 0.406 e. The molecule has 1 atom stereocenters. The second-order valence-corrected chi connectivity index (χ2v) is 3.61. The van der Waals surface area contributed by atoms with E-state index in [-0.39, 0.29) is 11.9 Å². The van der Waals surface area contributed by atoms with Gasteiger partial charge in [0.05, 0.1) is 11.7 Å². The highest BCUT2D eigenvalue weighted by molar-refractivity contribution is 5.53. The molecule has 0 saturated carbocycles. The minimum Gasteiger partial charge on any atom is -0.406 e. The molecule has 8 heteroatoms. The fraction of sp³-hybridized carbons (Fsp3) is 0.200. The number of hydrogen-bond donors (Lipinski definition) is 2. The van der Waals surface area contributed by atoms with E-state index in [1.54, 1.807) is 6.92 Å². The molecule has 18 heavy (non-hydrogen) atoms. The van der Waals surface area contributed by atoms with E-state index in [1.165, 1.54) is 0 Å². The summed E-state index contributed by atoms with van der Waals surface area (Å²) in [5.74, 6) is -3.36. The van der Waals surface area contributed by atoms with Crippen molar-refractivity contribution >= 4 is 11.7 Å². The molecule has 2 rings (SSSR count). The fourth-order valence-electron chi connectivity index (χ4n) is 1.23. The van der Waals surface area contributed by atoms with Crippen LogP contribution in [0.1, 0.15) is 18.9 Å². The van der Waals surface area contributed by atoms with Gasteiger partial charge in [-0.1, -0.05) is 5.10 Å². The molecule has 0 saturated heterocycles. The van der Waals surface area contributed by atoms with Gasteiger partial charge in [-0.25, -0.2) is 13.2 Å². The van der Waals surface area contributed by atoms with Crippen LogP contribution in [0.25, 0.3) is 0 Å². The van der Waals surface area contributed by atoms with Gasteiger partial charge in [-0.2, -0.15) is 0 Å². The van der Waals surface area contributed by atoms with E-state index in [0.29, 0.717) is 6.07 Å². The molecular formula is C10H9F3N4O. The minimum absolute atomic E-state index is 0.120. The smallest absolute Gasteiger partial charge is 0.320 e. The fourth-order valence-corrected chi connectivity index (χ4v) is 1.23. The Balaban J connectivity index is 2.28. The van der Waals surface area contributed by atoms with Crippen molar-refractivity contribution in [3.63, 3.8) is 0 Å². The molecule has 2 aromatic rings. The highest BCUT2D eigenvalue weighted by atomic mass is 19.2. The summed E-state index contributed by atoms with van der Waals surface area (Å²) >= 11 is 0. The van der Waals surface area contributed by atoms with Crippen LogP contribution in [0.15, 0.2) is 16.5 Å². The Hall–Kier alpha value is -2.09. The summed E-state index contributed by atoms with van der Waals surface area (Å²) in [4.78, 5) is 0. The summed E-state index contributed by atoms with van der Waals surface area (Å²) in [6.07, 6.45) is 0. The van der Waals surface area contributed by atoms with Crippen LogP contribution in [0.4, 0.5) is 24.9 Å². The topological polar surface area (TPSA) is 77.0 Å². The molecule has 0 aliphatic carbocycles. The summed E-state index contributed by atoms with van der Waals surface area (Å²) in [6, 6.07) is 0.504. The second kappa shape index (κ2) is 4.65. The van der Waals surface area contributed by atoms with E-state index in [1.807, 2.05) is 0 Å². The molecule has 1 unspecified atom stereocenters. The van der Waals surface area contributed by atoms with Crippen molar-refractivity contribution in [3.05, 3.63) is 35.5 Å². The Morgan fingerprint density at radius 3 is 2.61 bits per heavy atom. The van der Waals surface area contributed by atoms with Gasteiger partial charge in [-0.05, 0) is 6.92 Å². The number of halogens is 3. The lowest BCUT2D eigenvalue weighted by atomic mass is 10.3. The number of aromatic nitrogens is 2. The molecule has 0 aliphatic heterocycles. The van der Waals surface area contributed by atoms with Crippen LogP contribution in [0, 0.1) is 17.5 Å². The normalized spacial score (nSPS) is 12.5. The molecular weight excluding hydrogens is 249 g/mol. The van der Waals surface area contributed by atoms with Crippen molar-refractivity contribution in [2.45, 2.75) is 13.0 Å². The molecule has 1 aromatic carbocycles. The lowest BCUT2D eigenvalue weighted by Crippen LogP contribution is -2.04. The summed E-state index contributed by atoms with van der Waals surface area (Å²) in [7, 11) is 0. The molecule has 5 nitrogen and oxygen atoms in total. The average Bonchev–Trinajstić information content (AvgIpc) is 2.74. The second-order valence-electron chi connectivity index (χ2n) is 3.61. The third kappa shape index (κ3) is 2.43. The molecule has 0 spiro atoms. The van der Waals surface area contributed by atoms with Crippen molar-refractivity contribution in [3.8, 4) is 0 Å². The van der Waals surface area contributed by atoms with E-state index in [0.717, 1.165) is 6.07 Å². The Morgan fingerprint density at radius 1 is 1.28 bits per heavy atom. The number of benzene rings is 1. The highest BCUT2D eigenvalue weighted by Gasteiger charge is 2.15. The summed E-state index contributed by atoms with van der Waals surface area (Å²) in [6.45, 7) is 1.61. The summed E-state index contributed by atoms with van der Waals surface area (Å²) in [5.41, 5.74) is 5.04. The van der Waals surface area contributed by atoms with E-state index in [9.17, 15) is 13.2 Å². The molecule has 1 aromatic heterocycles. The van der Waals surface area contributed by atoms with Gasteiger partial charge in [-0.3, -0.25) is 0 Å². The Bertz CT molecular complexity index is 570. The maximum absolute atomic E-state index is 13.3. The Labute approximate surface area is 99.8 Å². The lowest BCUT2D eigenvalue weighted by Gasteiger charge is -2.04. The predicted octanol–water partition coefficient (Wildman–Crippen LogP) is 2.25. The number of nitrogens with one attached hydrogen (secondary N) is 1. The first-order chi connectivity index (χ1) is 8.47. The number of rotatable bonds is 3. The molecule has 3 N–H and O–H groups in total. The van der Waals surface area contributed by atoms with Gasteiger partial charge in [0.15, 0.2) is 11.6 Å². The quantitative estimate of drug-likeness (QED) is 0.825. The average molecular weight is 258 g/mol. The zero-order valence-electron chi connectivity index (χ0n) is 9.25. The van der Waals surface area contributed by atoms with Crippen LogP contribution in [0.3, 0.4) is 0 Å². The van der Waals surface area contributed by atoms with E-state index >= 15 is 0 Å². The zero-order chi connectivity index (χ0) is 13.3. The molecule has 0 amide bonds. The SMILES string of the molecule is CC(N)c1nnc(Nc2cc(F)cc(F)c2F)o1. The van der Waals surface area contributed by atoms with Crippen LogP contribution >= 0.6 is 0 Å². The zero-order valence-corrected chi connectivity index (χ0v) is 9.25. The third-order valence-electron chi connectivity index (χ3n) is 2.06. The van der Waals surface area contributed by atoms with E-state index < -0.39 is 29.2 Å². The Morgan fingerprint density at radius 2 is 2.00 bits per heavy atom. The highest BCUT2D eigenvalue weighted by Crippen LogP contribution is 2.23. The minimum atomic E-state index is -1.32. The number of nitrogens with zero attached hydrogens (tertiary/aromatic N) is 2. The van der Waals surface area contributed by atoms with Crippen LogP contribution < -0.4 is 11.1 Å². The first-order valence-corrected chi connectivity index (χ1v) is 4.98. The maximum atomic E-state index is 13.3. The van der Waals surface area contributed by atoms with Gasteiger partial charge in [0.2, 0.25) is 5.89 Å². The van der Waals surface area contributed by atoms with Crippen LogP contribution in [-0.4, -0.2) is 10.2 Å². The van der Waals surface area contributed by atoms with Crippen LogP contribution in [-0.2, 0) is 0 Å². The van der Waals surface area contributed by atoms with Crippen molar-refractivity contribution in [2.75, 3.05) is 5.32 Å². The number of nitrogens with two attached hydrogens (primary N) is 1. The summed E-state index contributed by atoms with van der Waals surface area (Å²) in [5, 5.41) is 9.36. The van der Waals surface area contributed by atoms with E-state index in [4.69, 9.17) is 10.2 Å². The van der Waals surface area contributed by atoms with Gasteiger partial charge in [0.1, 0.15) is 5.82 Å². The first-order valence-electron chi connectivity index (χ1n) is 4.98. The number of anilines is 2. The monoisotopic (exact) mass is 258 g/mol. The van der Waals surface area contributed by atoms with Crippen molar-refractivity contribution < 1.29 is 17.6 Å². The molecule has 96 valence electrons. The third-order valence-corrected chi connectivity index (χ3v) is 2.06.